The van der Waals surface area contributed by atoms with Crippen molar-refractivity contribution in [2.45, 2.75) is 26.2 Å². The molecular weight excluding hydrogens is 290 g/mol. The van der Waals surface area contributed by atoms with Gasteiger partial charge in [0, 0.05) is 22.2 Å². The zero-order chi connectivity index (χ0) is 13.0. The molecule has 1 heterocycles. The zero-order valence-electron chi connectivity index (χ0n) is 10.5. The van der Waals surface area contributed by atoms with Crippen LogP contribution in [0, 0.1) is 6.92 Å². The fraction of sp³-hybridized carbons (Fsp3) is 0.357. The molecule has 0 saturated heterocycles. The van der Waals surface area contributed by atoms with E-state index < -0.39 is 0 Å². The van der Waals surface area contributed by atoms with E-state index in [4.69, 9.17) is 5.73 Å². The summed E-state index contributed by atoms with van der Waals surface area (Å²) in [6.07, 6.45) is 3.10. The van der Waals surface area contributed by atoms with E-state index in [9.17, 15) is 0 Å². The van der Waals surface area contributed by atoms with E-state index in [0.29, 0.717) is 0 Å². The highest BCUT2D eigenvalue weighted by molar-refractivity contribution is 9.10. The number of aryl methyl sites for hydroxylation is 2. The molecule has 1 aromatic carbocycles. The number of nitrogens with two attached hydrogens (primary N) is 1. The van der Waals surface area contributed by atoms with Crippen molar-refractivity contribution < 1.29 is 0 Å². The molecule has 18 heavy (non-hydrogen) atoms. The number of hydrogen-bond donors (Lipinski definition) is 2. The minimum atomic E-state index is 0.748. The van der Waals surface area contributed by atoms with Crippen LogP contribution in [0.2, 0.25) is 0 Å². The van der Waals surface area contributed by atoms with E-state index in [0.717, 1.165) is 53.1 Å². The van der Waals surface area contributed by atoms with Crippen LogP contribution in [0.5, 0.6) is 0 Å². The first-order valence-corrected chi connectivity index (χ1v) is 7.01. The van der Waals surface area contributed by atoms with Gasteiger partial charge in [0.25, 0.3) is 0 Å². The minimum absolute atomic E-state index is 0.748. The number of imidazole rings is 1. The molecule has 0 unspecified atom stereocenters. The van der Waals surface area contributed by atoms with Gasteiger partial charge >= 0.3 is 0 Å². The normalized spacial score (nSPS) is 10.8. The second-order valence-corrected chi connectivity index (χ2v) is 5.33. The summed E-state index contributed by atoms with van der Waals surface area (Å²) in [6.45, 7) is 2.81. The maximum absolute atomic E-state index is 5.50. The van der Waals surface area contributed by atoms with Crippen molar-refractivity contribution in [3.63, 3.8) is 0 Å². The van der Waals surface area contributed by atoms with Crippen LogP contribution in [0.4, 0.5) is 0 Å². The molecule has 96 valence electrons. The third-order valence-corrected chi connectivity index (χ3v) is 3.39. The monoisotopic (exact) mass is 307 g/mol. The summed E-state index contributed by atoms with van der Waals surface area (Å²) in [5.41, 5.74) is 8.80. The second-order valence-electron chi connectivity index (χ2n) is 4.41. The van der Waals surface area contributed by atoms with Crippen molar-refractivity contribution >= 4 is 15.9 Å². The molecule has 0 saturated carbocycles. The van der Waals surface area contributed by atoms with Crippen LogP contribution in [0.1, 0.15) is 24.4 Å². The summed E-state index contributed by atoms with van der Waals surface area (Å²) in [6, 6.07) is 8.22. The van der Waals surface area contributed by atoms with Gasteiger partial charge in [-0.05, 0) is 38.4 Å². The summed E-state index contributed by atoms with van der Waals surface area (Å²) in [7, 11) is 0. The van der Waals surface area contributed by atoms with Gasteiger partial charge in [-0.25, -0.2) is 4.98 Å². The lowest BCUT2D eigenvalue weighted by molar-refractivity contribution is 0.722. The Kier molecular flexibility index (Phi) is 4.55. The SMILES string of the molecule is Cc1[nH]c(CCCCN)nc1-c1cccc(Br)c1. The predicted molar refractivity (Wildman–Crippen MR) is 78.5 cm³/mol. The van der Waals surface area contributed by atoms with Gasteiger partial charge in [0.05, 0.1) is 5.69 Å². The number of nitrogens with zero attached hydrogens (tertiary/aromatic N) is 1. The van der Waals surface area contributed by atoms with Crippen molar-refractivity contribution in [2.75, 3.05) is 6.54 Å². The highest BCUT2D eigenvalue weighted by atomic mass is 79.9. The highest BCUT2D eigenvalue weighted by Gasteiger charge is 2.08. The Bertz CT molecular complexity index is 520. The molecule has 0 radical (unpaired) electrons. The third kappa shape index (κ3) is 3.21. The molecule has 0 fully saturated rings. The molecule has 3 N–H and O–H groups in total. The highest BCUT2D eigenvalue weighted by Crippen LogP contribution is 2.24. The number of rotatable bonds is 5. The maximum atomic E-state index is 5.50. The van der Waals surface area contributed by atoms with E-state index in [1.807, 2.05) is 12.1 Å². The van der Waals surface area contributed by atoms with Gasteiger partial charge in [-0.2, -0.15) is 0 Å². The molecule has 0 aliphatic heterocycles. The third-order valence-electron chi connectivity index (χ3n) is 2.90. The number of halogens is 1. The standard InChI is InChI=1S/C14H18BrN3/c1-10-14(11-5-4-6-12(15)9-11)18-13(17-10)7-2-3-8-16/h4-6,9H,2-3,7-8,16H2,1H3,(H,17,18). The van der Waals surface area contributed by atoms with Crippen LogP contribution >= 0.6 is 15.9 Å². The first kappa shape index (κ1) is 13.3. The van der Waals surface area contributed by atoms with Gasteiger partial charge in [0.1, 0.15) is 5.82 Å². The first-order valence-electron chi connectivity index (χ1n) is 6.22. The molecule has 2 aromatic rings. The van der Waals surface area contributed by atoms with E-state index in [1.165, 1.54) is 0 Å². The molecule has 0 spiro atoms. The number of nitrogens with one attached hydrogen (secondary N) is 1. The fourth-order valence-corrected chi connectivity index (χ4v) is 2.39. The summed E-state index contributed by atoms with van der Waals surface area (Å²) in [5, 5.41) is 0. The number of unbranched alkanes of at least 4 members (excludes halogenated alkanes) is 1. The van der Waals surface area contributed by atoms with Crippen molar-refractivity contribution in [3.8, 4) is 11.3 Å². The van der Waals surface area contributed by atoms with Gasteiger partial charge in [0.2, 0.25) is 0 Å². The van der Waals surface area contributed by atoms with Gasteiger partial charge in [-0.15, -0.1) is 0 Å². The summed E-state index contributed by atoms with van der Waals surface area (Å²) in [4.78, 5) is 8.03. The lowest BCUT2D eigenvalue weighted by Crippen LogP contribution is -1.99. The first-order chi connectivity index (χ1) is 8.70. The van der Waals surface area contributed by atoms with Crippen molar-refractivity contribution in [3.05, 3.63) is 40.3 Å². The van der Waals surface area contributed by atoms with Crippen molar-refractivity contribution in [1.29, 1.82) is 0 Å². The van der Waals surface area contributed by atoms with Gasteiger partial charge in [-0.3, -0.25) is 0 Å². The Morgan fingerprint density at radius 2 is 2.17 bits per heavy atom. The van der Waals surface area contributed by atoms with Gasteiger partial charge < -0.3 is 10.7 Å². The van der Waals surface area contributed by atoms with E-state index in [1.54, 1.807) is 0 Å². The molecule has 0 bridgehead atoms. The van der Waals surface area contributed by atoms with Crippen LogP contribution in [-0.4, -0.2) is 16.5 Å². The Morgan fingerprint density at radius 3 is 2.89 bits per heavy atom. The van der Waals surface area contributed by atoms with Crippen molar-refractivity contribution in [1.82, 2.24) is 9.97 Å². The minimum Gasteiger partial charge on any atom is -0.346 e. The number of H-pyrrole nitrogens is 1. The maximum Gasteiger partial charge on any atom is 0.106 e. The molecule has 0 aliphatic carbocycles. The van der Waals surface area contributed by atoms with Crippen LogP contribution in [0.25, 0.3) is 11.3 Å². The molecule has 4 heteroatoms. The molecule has 0 atom stereocenters. The fourth-order valence-electron chi connectivity index (χ4n) is 1.99. The van der Waals surface area contributed by atoms with E-state index in [2.05, 4.69) is 45.0 Å². The topological polar surface area (TPSA) is 54.7 Å². The number of aromatic amines is 1. The smallest absolute Gasteiger partial charge is 0.106 e. The second kappa shape index (κ2) is 6.16. The summed E-state index contributed by atoms with van der Waals surface area (Å²) < 4.78 is 1.08. The lowest BCUT2D eigenvalue weighted by atomic mass is 10.1. The predicted octanol–water partition coefficient (Wildman–Crippen LogP) is 3.43. The Hall–Kier alpha value is -1.13. The van der Waals surface area contributed by atoms with Crippen LogP contribution < -0.4 is 5.73 Å². The number of aromatic nitrogens is 2. The number of hydrogen-bond acceptors (Lipinski definition) is 2. The number of benzene rings is 1. The van der Waals surface area contributed by atoms with Crippen molar-refractivity contribution in [2.24, 2.45) is 5.73 Å². The van der Waals surface area contributed by atoms with Gasteiger partial charge in [0.15, 0.2) is 0 Å². The average molecular weight is 308 g/mol. The van der Waals surface area contributed by atoms with Crippen LogP contribution in [0.3, 0.4) is 0 Å². The summed E-state index contributed by atoms with van der Waals surface area (Å²) >= 11 is 3.49. The van der Waals surface area contributed by atoms with E-state index in [-0.39, 0.29) is 0 Å². The Morgan fingerprint density at radius 1 is 1.33 bits per heavy atom. The van der Waals surface area contributed by atoms with E-state index >= 15 is 0 Å². The Balaban J connectivity index is 2.18. The average Bonchev–Trinajstić information content (AvgIpc) is 2.71. The Labute approximate surface area is 116 Å². The van der Waals surface area contributed by atoms with Crippen LogP contribution in [0.15, 0.2) is 28.7 Å². The van der Waals surface area contributed by atoms with Gasteiger partial charge in [-0.1, -0.05) is 28.1 Å². The molecule has 1 aromatic heterocycles. The van der Waals surface area contributed by atoms with Crippen LogP contribution in [-0.2, 0) is 6.42 Å². The zero-order valence-corrected chi connectivity index (χ0v) is 12.1. The molecule has 3 nitrogen and oxygen atoms in total. The molecule has 2 rings (SSSR count). The lowest BCUT2D eigenvalue weighted by Gasteiger charge is -1.99. The molecule has 0 aliphatic rings. The quantitative estimate of drug-likeness (QED) is 0.832. The largest absolute Gasteiger partial charge is 0.346 e. The molecule has 0 amide bonds. The molecular formula is C14H18BrN3. The summed E-state index contributed by atoms with van der Waals surface area (Å²) in [5.74, 6) is 1.05.